The zero-order valence-electron chi connectivity index (χ0n) is 13.3. The minimum absolute atomic E-state index is 0.0153. The van der Waals surface area contributed by atoms with Crippen molar-refractivity contribution in [3.05, 3.63) is 65.7 Å². The monoisotopic (exact) mass is 369 g/mol. The fourth-order valence-corrected chi connectivity index (χ4v) is 2.52. The van der Waals surface area contributed by atoms with E-state index in [0.29, 0.717) is 5.56 Å². The van der Waals surface area contributed by atoms with E-state index in [1.807, 2.05) is 30.3 Å². The van der Waals surface area contributed by atoms with Gasteiger partial charge in [0.2, 0.25) is 5.91 Å². The van der Waals surface area contributed by atoms with Gasteiger partial charge in [-0.1, -0.05) is 42.5 Å². The normalized spacial score (nSPS) is 12.0. The summed E-state index contributed by atoms with van der Waals surface area (Å²) >= 11 is 5.65. The summed E-state index contributed by atoms with van der Waals surface area (Å²) in [4.78, 5) is 13.5. The largest absolute Gasteiger partial charge is 0.435 e. The average molecular weight is 370 g/mol. The fraction of sp³-hybridized carbons (Fsp3) is 0.278. The van der Waals surface area contributed by atoms with E-state index in [1.54, 1.807) is 6.07 Å². The van der Waals surface area contributed by atoms with E-state index in [9.17, 15) is 18.7 Å². The highest BCUT2D eigenvalue weighted by Gasteiger charge is 2.19. The predicted octanol–water partition coefficient (Wildman–Crippen LogP) is 3.59. The maximum absolute atomic E-state index is 12.3. The molecule has 0 fully saturated rings. The van der Waals surface area contributed by atoms with Crippen LogP contribution in [0.25, 0.3) is 0 Å². The number of amides is 1. The molecule has 0 heterocycles. The summed E-state index contributed by atoms with van der Waals surface area (Å²) in [7, 11) is 0. The lowest BCUT2D eigenvalue weighted by Gasteiger charge is -2.25. The van der Waals surface area contributed by atoms with Crippen molar-refractivity contribution >= 4 is 17.5 Å². The first-order valence-electron chi connectivity index (χ1n) is 7.60. The summed E-state index contributed by atoms with van der Waals surface area (Å²) in [6.07, 6.45) is -1.06. The minimum Gasteiger partial charge on any atom is -0.435 e. The van der Waals surface area contributed by atoms with Crippen LogP contribution in [0.1, 0.15) is 17.2 Å². The topological polar surface area (TPSA) is 49.8 Å². The van der Waals surface area contributed by atoms with Crippen molar-refractivity contribution < 1.29 is 23.4 Å². The lowest BCUT2D eigenvalue weighted by molar-refractivity contribution is -0.130. The van der Waals surface area contributed by atoms with Gasteiger partial charge in [0.1, 0.15) is 11.6 Å². The SMILES string of the molecule is O=C(CCl)N(Cc1ccccc1)CC(O)c1cccc(OC(F)F)c1. The number of carbonyl (C=O) groups is 1. The maximum Gasteiger partial charge on any atom is 0.387 e. The molecule has 0 aliphatic carbocycles. The zero-order chi connectivity index (χ0) is 18.2. The molecule has 0 saturated carbocycles. The van der Waals surface area contributed by atoms with Crippen molar-refractivity contribution in [3.8, 4) is 5.75 Å². The van der Waals surface area contributed by atoms with Gasteiger partial charge >= 0.3 is 6.61 Å². The second-order valence-corrected chi connectivity index (χ2v) is 5.63. The van der Waals surface area contributed by atoms with Crippen molar-refractivity contribution in [2.75, 3.05) is 12.4 Å². The van der Waals surface area contributed by atoms with Gasteiger partial charge in [0.05, 0.1) is 12.6 Å². The van der Waals surface area contributed by atoms with Gasteiger partial charge in [-0.05, 0) is 23.3 Å². The van der Waals surface area contributed by atoms with Crippen molar-refractivity contribution in [1.82, 2.24) is 4.90 Å². The molecule has 0 aliphatic rings. The lowest BCUT2D eigenvalue weighted by atomic mass is 10.1. The van der Waals surface area contributed by atoms with Crippen molar-refractivity contribution in [1.29, 1.82) is 0 Å². The third kappa shape index (κ3) is 5.99. The third-order valence-corrected chi connectivity index (χ3v) is 3.77. The summed E-state index contributed by atoms with van der Waals surface area (Å²) < 4.78 is 28.9. The van der Waals surface area contributed by atoms with Crippen molar-refractivity contribution in [2.45, 2.75) is 19.3 Å². The van der Waals surface area contributed by atoms with E-state index in [2.05, 4.69) is 4.74 Å². The van der Waals surface area contributed by atoms with E-state index in [1.165, 1.54) is 23.1 Å². The van der Waals surface area contributed by atoms with Gasteiger partial charge in [0.15, 0.2) is 0 Å². The van der Waals surface area contributed by atoms with Gasteiger partial charge in [0, 0.05) is 6.54 Å². The van der Waals surface area contributed by atoms with E-state index < -0.39 is 12.7 Å². The lowest BCUT2D eigenvalue weighted by Crippen LogP contribution is -2.35. The van der Waals surface area contributed by atoms with Crippen molar-refractivity contribution in [3.63, 3.8) is 0 Å². The first kappa shape index (κ1) is 19.1. The molecule has 2 rings (SSSR count). The molecule has 7 heteroatoms. The molecule has 134 valence electrons. The van der Waals surface area contributed by atoms with E-state index in [0.717, 1.165) is 5.56 Å². The minimum atomic E-state index is -2.94. The number of ether oxygens (including phenoxy) is 1. The first-order valence-corrected chi connectivity index (χ1v) is 8.13. The molecule has 1 amide bonds. The van der Waals surface area contributed by atoms with E-state index in [4.69, 9.17) is 11.6 Å². The number of aliphatic hydroxyl groups excluding tert-OH is 1. The van der Waals surface area contributed by atoms with Gasteiger partial charge < -0.3 is 14.7 Å². The maximum atomic E-state index is 12.3. The molecule has 1 N–H and O–H groups in total. The zero-order valence-corrected chi connectivity index (χ0v) is 14.1. The molecule has 0 radical (unpaired) electrons. The summed E-state index contributed by atoms with van der Waals surface area (Å²) in [5.74, 6) is -0.594. The summed E-state index contributed by atoms with van der Waals surface area (Å²) in [6.45, 7) is -2.67. The smallest absolute Gasteiger partial charge is 0.387 e. The Kier molecular flexibility index (Phi) is 7.16. The standard InChI is InChI=1S/C18H18ClF2NO3/c19-10-17(24)22(11-13-5-2-1-3-6-13)12-16(23)14-7-4-8-15(9-14)25-18(20)21/h1-9,16,18,23H,10-12H2. The Bertz CT molecular complexity index is 685. The van der Waals surface area contributed by atoms with Crippen LogP contribution in [-0.2, 0) is 11.3 Å². The first-order chi connectivity index (χ1) is 12.0. The molecule has 0 aromatic heterocycles. The highest BCUT2D eigenvalue weighted by Crippen LogP contribution is 2.22. The van der Waals surface area contributed by atoms with E-state index >= 15 is 0 Å². The third-order valence-electron chi connectivity index (χ3n) is 3.54. The van der Waals surface area contributed by atoms with E-state index in [-0.39, 0.29) is 30.6 Å². The summed E-state index contributed by atoms with van der Waals surface area (Å²) in [5, 5.41) is 10.4. The van der Waals surface area contributed by atoms with Crippen LogP contribution in [0, 0.1) is 0 Å². The van der Waals surface area contributed by atoms with Crippen LogP contribution in [0.2, 0.25) is 0 Å². The number of hydrogen-bond donors (Lipinski definition) is 1. The predicted molar refractivity (Wildman–Crippen MR) is 90.6 cm³/mol. The molecule has 0 saturated heterocycles. The number of hydrogen-bond acceptors (Lipinski definition) is 3. The highest BCUT2D eigenvalue weighted by molar-refractivity contribution is 6.27. The van der Waals surface area contributed by atoms with Crippen LogP contribution in [0.3, 0.4) is 0 Å². The van der Waals surface area contributed by atoms with Crippen LogP contribution >= 0.6 is 11.6 Å². The Balaban J connectivity index is 2.11. The second-order valence-electron chi connectivity index (χ2n) is 5.36. The van der Waals surface area contributed by atoms with Gasteiger partial charge in [-0.3, -0.25) is 4.79 Å². The quantitative estimate of drug-likeness (QED) is 0.723. The number of alkyl halides is 3. The molecular formula is C18H18ClF2NO3. The van der Waals surface area contributed by atoms with Crippen molar-refractivity contribution in [2.24, 2.45) is 0 Å². The Morgan fingerprint density at radius 2 is 1.88 bits per heavy atom. The number of nitrogens with zero attached hydrogens (tertiary/aromatic N) is 1. The second kappa shape index (κ2) is 9.34. The average Bonchev–Trinajstić information content (AvgIpc) is 2.61. The molecule has 2 aromatic rings. The summed E-state index contributed by atoms with van der Waals surface area (Å²) in [5.41, 5.74) is 1.27. The molecule has 0 bridgehead atoms. The Hall–Kier alpha value is -2.18. The molecule has 1 atom stereocenters. The van der Waals surface area contributed by atoms with Crippen LogP contribution in [0.15, 0.2) is 54.6 Å². The van der Waals surface area contributed by atoms with Crippen LogP contribution in [0.4, 0.5) is 8.78 Å². The fourth-order valence-electron chi connectivity index (χ4n) is 2.36. The highest BCUT2D eigenvalue weighted by atomic mass is 35.5. The Morgan fingerprint density at radius 3 is 2.52 bits per heavy atom. The number of aliphatic hydroxyl groups is 1. The molecule has 0 spiro atoms. The number of benzene rings is 2. The Labute approximate surface area is 149 Å². The molecule has 25 heavy (non-hydrogen) atoms. The summed E-state index contributed by atoms with van der Waals surface area (Å²) in [6, 6.07) is 15.0. The molecule has 1 unspecified atom stereocenters. The number of halogens is 3. The number of rotatable bonds is 8. The molecular weight excluding hydrogens is 352 g/mol. The van der Waals surface area contributed by atoms with Crippen LogP contribution in [0.5, 0.6) is 5.75 Å². The van der Waals surface area contributed by atoms with Gasteiger partial charge in [-0.15, -0.1) is 11.6 Å². The molecule has 4 nitrogen and oxygen atoms in total. The molecule has 0 aliphatic heterocycles. The van der Waals surface area contributed by atoms with Gasteiger partial charge in [0.25, 0.3) is 0 Å². The Morgan fingerprint density at radius 1 is 1.16 bits per heavy atom. The van der Waals surface area contributed by atoms with Crippen LogP contribution < -0.4 is 4.74 Å². The number of carbonyl (C=O) groups excluding carboxylic acids is 1. The van der Waals surface area contributed by atoms with Gasteiger partial charge in [-0.2, -0.15) is 8.78 Å². The molecule has 2 aromatic carbocycles. The van der Waals surface area contributed by atoms with Gasteiger partial charge in [-0.25, -0.2) is 0 Å². The van der Waals surface area contributed by atoms with Crippen LogP contribution in [-0.4, -0.2) is 34.9 Å².